The van der Waals surface area contributed by atoms with Crippen molar-refractivity contribution in [1.82, 2.24) is 0 Å². The van der Waals surface area contributed by atoms with Crippen molar-refractivity contribution >= 4 is 55.5 Å². The van der Waals surface area contributed by atoms with Crippen molar-refractivity contribution in [2.45, 2.75) is 17.7 Å². The molecule has 0 aliphatic carbocycles. The monoisotopic (exact) mass is 483 g/mol. The molecule has 1 N–H and O–H groups in total. The molecule has 162 valence electrons. The lowest BCUT2D eigenvalue weighted by atomic mass is 9.97. The summed E-state index contributed by atoms with van der Waals surface area (Å²) in [6.07, 6.45) is 1.06. The molecule has 0 unspecified atom stereocenters. The molecular formula is C25H19Cl2NO3S. The second-order valence-corrected chi connectivity index (χ2v) is 9.92. The van der Waals surface area contributed by atoms with Crippen molar-refractivity contribution in [2.24, 2.45) is 0 Å². The largest absolute Gasteiger partial charge is 0.294 e. The Hall–Kier alpha value is -2.86. The molecule has 4 aromatic rings. The van der Waals surface area contributed by atoms with Gasteiger partial charge < -0.3 is 0 Å². The zero-order valence-corrected chi connectivity index (χ0v) is 19.2. The zero-order chi connectivity index (χ0) is 22.7. The third-order valence-electron chi connectivity index (χ3n) is 5.06. The number of fused-ring (bicyclic) bond motifs is 1. The van der Waals surface area contributed by atoms with Gasteiger partial charge in [-0.25, -0.2) is 8.42 Å². The molecule has 0 amide bonds. The maximum Gasteiger partial charge on any atom is 0.261 e. The van der Waals surface area contributed by atoms with Gasteiger partial charge in [0.15, 0.2) is 5.78 Å². The molecule has 0 saturated heterocycles. The van der Waals surface area contributed by atoms with Gasteiger partial charge in [0, 0.05) is 27.7 Å². The summed E-state index contributed by atoms with van der Waals surface area (Å²) in [6, 6.07) is 24.5. The number of halogens is 2. The number of ketones is 1. The Morgan fingerprint density at radius 1 is 0.812 bits per heavy atom. The second kappa shape index (κ2) is 9.33. The number of benzene rings is 4. The summed E-state index contributed by atoms with van der Waals surface area (Å²) in [5.74, 6) is 0.0429. The molecule has 0 bridgehead atoms. The normalized spacial score (nSPS) is 11.4. The van der Waals surface area contributed by atoms with Crippen LogP contribution in [0.15, 0.2) is 89.8 Å². The Labute approximate surface area is 196 Å². The fourth-order valence-electron chi connectivity index (χ4n) is 3.53. The van der Waals surface area contributed by atoms with Gasteiger partial charge in [-0.1, -0.05) is 77.8 Å². The summed E-state index contributed by atoms with van der Waals surface area (Å²) in [7, 11) is -3.88. The van der Waals surface area contributed by atoms with Crippen LogP contribution in [0.3, 0.4) is 0 Å². The van der Waals surface area contributed by atoms with Gasteiger partial charge in [0.25, 0.3) is 10.0 Å². The van der Waals surface area contributed by atoms with E-state index < -0.39 is 10.0 Å². The molecular weight excluding hydrogens is 465 g/mol. The van der Waals surface area contributed by atoms with Crippen LogP contribution in [-0.2, 0) is 16.4 Å². The van der Waals surface area contributed by atoms with Gasteiger partial charge in [-0.3, -0.25) is 9.52 Å². The molecule has 0 radical (unpaired) electrons. The van der Waals surface area contributed by atoms with Crippen LogP contribution in [0.25, 0.3) is 10.8 Å². The highest BCUT2D eigenvalue weighted by Gasteiger charge is 2.17. The van der Waals surface area contributed by atoms with Gasteiger partial charge in [0.1, 0.15) is 0 Å². The Morgan fingerprint density at radius 3 is 2.25 bits per heavy atom. The summed E-state index contributed by atoms with van der Waals surface area (Å²) in [6.45, 7) is 0. The number of aryl methyl sites for hydroxylation is 1. The topological polar surface area (TPSA) is 63.2 Å². The molecule has 0 aliphatic heterocycles. The number of rotatable bonds is 7. The first-order valence-corrected chi connectivity index (χ1v) is 12.1. The van der Waals surface area contributed by atoms with Crippen molar-refractivity contribution in [2.75, 3.05) is 4.72 Å². The van der Waals surface area contributed by atoms with E-state index in [-0.39, 0.29) is 20.7 Å². The summed E-state index contributed by atoms with van der Waals surface area (Å²) in [5.41, 5.74) is 2.11. The minimum atomic E-state index is -3.88. The lowest BCUT2D eigenvalue weighted by Crippen LogP contribution is -2.13. The average Bonchev–Trinajstić information content (AvgIpc) is 2.76. The first kappa shape index (κ1) is 22.3. The fourth-order valence-corrected chi connectivity index (χ4v) is 5.30. The van der Waals surface area contributed by atoms with Crippen molar-refractivity contribution in [3.63, 3.8) is 0 Å². The van der Waals surface area contributed by atoms with E-state index in [0.29, 0.717) is 24.1 Å². The van der Waals surface area contributed by atoms with Crippen LogP contribution < -0.4 is 4.72 Å². The van der Waals surface area contributed by atoms with Crippen LogP contribution >= 0.6 is 23.2 Å². The molecule has 0 aliphatic rings. The van der Waals surface area contributed by atoms with Crippen molar-refractivity contribution in [3.05, 3.63) is 106 Å². The molecule has 0 heterocycles. The van der Waals surface area contributed by atoms with Gasteiger partial charge in [0.2, 0.25) is 0 Å². The predicted molar refractivity (Wildman–Crippen MR) is 130 cm³/mol. The summed E-state index contributed by atoms with van der Waals surface area (Å²) < 4.78 is 28.1. The molecule has 32 heavy (non-hydrogen) atoms. The first-order chi connectivity index (χ1) is 15.3. The lowest BCUT2D eigenvalue weighted by Gasteiger charge is -2.11. The van der Waals surface area contributed by atoms with Crippen LogP contribution in [0.5, 0.6) is 0 Å². The highest BCUT2D eigenvalue weighted by molar-refractivity contribution is 7.92. The van der Waals surface area contributed by atoms with Gasteiger partial charge >= 0.3 is 0 Å². The molecule has 0 aromatic heterocycles. The van der Waals surface area contributed by atoms with Crippen molar-refractivity contribution in [3.8, 4) is 0 Å². The molecule has 4 rings (SSSR count). The number of Topliss-reactive ketones (excluding diaryl/α,β-unsaturated/α-hetero) is 1. The maximum atomic E-state index is 12.9. The van der Waals surface area contributed by atoms with Gasteiger partial charge in [-0.05, 0) is 53.1 Å². The number of sulfonamides is 1. The number of carbonyl (C=O) groups excluding carboxylic acids is 1. The second-order valence-electron chi connectivity index (χ2n) is 7.36. The van der Waals surface area contributed by atoms with Crippen LogP contribution in [0.1, 0.15) is 22.3 Å². The summed E-state index contributed by atoms with van der Waals surface area (Å²) >= 11 is 11.9. The smallest absolute Gasteiger partial charge is 0.261 e. The standard InChI is InChI=1S/C25H19Cl2NO3S/c26-19-14-20(27)16-22(15-19)32(30,31)28-21-10-11-23-18(13-21)7-4-8-24(23)25(29)12-9-17-5-2-1-3-6-17/h1-8,10-11,13-16,28H,9,12H2. The SMILES string of the molecule is O=C(CCc1ccccc1)c1cccc2cc(NS(=O)(=O)c3cc(Cl)cc(Cl)c3)ccc12. The number of anilines is 1. The van der Waals surface area contributed by atoms with E-state index in [1.165, 1.54) is 18.2 Å². The minimum absolute atomic E-state index is 0.0278. The van der Waals surface area contributed by atoms with E-state index in [1.807, 2.05) is 36.4 Å². The van der Waals surface area contributed by atoms with E-state index in [9.17, 15) is 13.2 Å². The van der Waals surface area contributed by atoms with E-state index >= 15 is 0 Å². The maximum absolute atomic E-state index is 12.9. The van der Waals surface area contributed by atoms with Crippen LogP contribution in [-0.4, -0.2) is 14.2 Å². The minimum Gasteiger partial charge on any atom is -0.294 e. The zero-order valence-electron chi connectivity index (χ0n) is 16.9. The van der Waals surface area contributed by atoms with Gasteiger partial charge in [-0.2, -0.15) is 0 Å². The first-order valence-electron chi connectivity index (χ1n) is 9.91. The molecule has 0 spiro atoms. The van der Waals surface area contributed by atoms with Gasteiger partial charge in [-0.15, -0.1) is 0 Å². The third-order valence-corrected chi connectivity index (χ3v) is 6.86. The quantitative estimate of drug-likeness (QED) is 0.295. The molecule has 0 fully saturated rings. The summed E-state index contributed by atoms with van der Waals surface area (Å²) in [5, 5.41) is 2.00. The van der Waals surface area contributed by atoms with E-state index in [4.69, 9.17) is 23.2 Å². The Bertz CT molecular complexity index is 1380. The number of hydrogen-bond acceptors (Lipinski definition) is 3. The highest BCUT2D eigenvalue weighted by atomic mass is 35.5. The number of nitrogens with one attached hydrogen (secondary N) is 1. The van der Waals surface area contributed by atoms with E-state index in [2.05, 4.69) is 4.72 Å². The van der Waals surface area contributed by atoms with E-state index in [0.717, 1.165) is 16.3 Å². The van der Waals surface area contributed by atoms with Crippen molar-refractivity contribution in [1.29, 1.82) is 0 Å². The third kappa shape index (κ3) is 5.13. The van der Waals surface area contributed by atoms with Crippen LogP contribution in [0.2, 0.25) is 10.0 Å². The number of carbonyl (C=O) groups is 1. The Kier molecular flexibility index (Phi) is 6.51. The van der Waals surface area contributed by atoms with Crippen molar-refractivity contribution < 1.29 is 13.2 Å². The predicted octanol–water partition coefficient (Wildman–Crippen LogP) is 6.76. The van der Waals surface area contributed by atoms with E-state index in [1.54, 1.807) is 30.3 Å². The molecule has 0 atom stereocenters. The molecule has 7 heteroatoms. The molecule has 4 aromatic carbocycles. The van der Waals surface area contributed by atoms with Gasteiger partial charge in [0.05, 0.1) is 4.90 Å². The summed E-state index contributed by atoms with van der Waals surface area (Å²) in [4.78, 5) is 12.8. The van der Waals surface area contributed by atoms with Crippen LogP contribution in [0.4, 0.5) is 5.69 Å². The average molecular weight is 484 g/mol. The number of hydrogen-bond donors (Lipinski definition) is 1. The van der Waals surface area contributed by atoms with Crippen LogP contribution in [0, 0.1) is 0 Å². The highest BCUT2D eigenvalue weighted by Crippen LogP contribution is 2.27. The Balaban J connectivity index is 1.58. The molecule has 4 nitrogen and oxygen atoms in total. The Morgan fingerprint density at radius 2 is 1.53 bits per heavy atom. The molecule has 0 saturated carbocycles. The lowest BCUT2D eigenvalue weighted by molar-refractivity contribution is 0.0984. The fraction of sp³-hybridized carbons (Fsp3) is 0.0800.